The highest BCUT2D eigenvalue weighted by atomic mass is 16.5. The Balaban J connectivity index is 2.20. The number of aliphatic hydroxyl groups excluding tert-OH is 1. The van der Waals surface area contributed by atoms with Crippen LogP contribution in [-0.4, -0.2) is 41.0 Å². The quantitative estimate of drug-likeness (QED) is 0.731. The summed E-state index contributed by atoms with van der Waals surface area (Å²) in [5, 5.41) is 19.2. The number of aromatic nitrogens is 2. The number of benzene rings is 1. The second kappa shape index (κ2) is 7.78. The lowest BCUT2D eigenvalue weighted by Gasteiger charge is -2.22. The molecule has 6 nitrogen and oxygen atoms in total. The van der Waals surface area contributed by atoms with Crippen molar-refractivity contribution in [1.29, 1.82) is 0 Å². The summed E-state index contributed by atoms with van der Waals surface area (Å²) in [7, 11) is 1.61. The van der Waals surface area contributed by atoms with Crippen LogP contribution in [0.2, 0.25) is 0 Å². The molecule has 1 amide bonds. The van der Waals surface area contributed by atoms with Crippen LogP contribution in [0.15, 0.2) is 30.5 Å². The van der Waals surface area contributed by atoms with Gasteiger partial charge in [-0.05, 0) is 30.2 Å². The summed E-state index contributed by atoms with van der Waals surface area (Å²) in [6.07, 6.45) is 2.38. The molecule has 1 aromatic carbocycles. The molecule has 23 heavy (non-hydrogen) atoms. The van der Waals surface area contributed by atoms with Crippen molar-refractivity contribution in [2.75, 3.05) is 13.7 Å². The summed E-state index contributed by atoms with van der Waals surface area (Å²) >= 11 is 0. The molecule has 2 rings (SSSR count). The minimum Gasteiger partial charge on any atom is -0.497 e. The summed E-state index contributed by atoms with van der Waals surface area (Å²) in [4.78, 5) is 12.5. The maximum atomic E-state index is 12.5. The number of rotatable bonds is 7. The van der Waals surface area contributed by atoms with E-state index in [1.165, 1.54) is 6.20 Å². The molecular weight excluding hydrogens is 294 g/mol. The second-order valence-corrected chi connectivity index (χ2v) is 5.54. The normalized spacial score (nSPS) is 13.4. The van der Waals surface area contributed by atoms with Gasteiger partial charge in [0.1, 0.15) is 5.75 Å². The predicted molar refractivity (Wildman–Crippen MR) is 88.4 cm³/mol. The van der Waals surface area contributed by atoms with E-state index >= 15 is 0 Å². The molecule has 0 aliphatic heterocycles. The number of carbonyl (C=O) groups excluding carboxylic acids is 1. The Hall–Kier alpha value is -2.34. The number of nitrogens with zero attached hydrogens (tertiary/aromatic N) is 1. The fourth-order valence-corrected chi connectivity index (χ4v) is 2.33. The molecule has 0 radical (unpaired) electrons. The van der Waals surface area contributed by atoms with Gasteiger partial charge in [-0.2, -0.15) is 5.10 Å². The molecule has 1 heterocycles. The van der Waals surface area contributed by atoms with Crippen molar-refractivity contribution in [2.45, 2.75) is 26.3 Å². The molecule has 124 valence electrons. The Bertz CT molecular complexity index is 637. The lowest BCUT2D eigenvalue weighted by Crippen LogP contribution is -2.41. The number of amides is 1. The van der Waals surface area contributed by atoms with Crippen LogP contribution >= 0.6 is 0 Å². The zero-order valence-electron chi connectivity index (χ0n) is 13.7. The topological polar surface area (TPSA) is 87.2 Å². The Morgan fingerprint density at radius 2 is 2.09 bits per heavy atom. The van der Waals surface area contributed by atoms with Crippen molar-refractivity contribution >= 4 is 5.91 Å². The molecule has 0 spiro atoms. The first-order valence-corrected chi connectivity index (χ1v) is 7.70. The number of H-pyrrole nitrogens is 1. The standard InChI is InChI=1S/C17H23N3O3/c1-4-11(2)15(10-21)19-17(22)14-9-18-20-16(14)12-5-7-13(23-3)8-6-12/h5-9,11,15,21H,4,10H2,1-3H3,(H,18,20)(H,19,22)/t11-,15+/m0/s1. The van der Waals surface area contributed by atoms with Gasteiger partial charge < -0.3 is 15.2 Å². The van der Waals surface area contributed by atoms with Gasteiger partial charge in [0.15, 0.2) is 0 Å². The van der Waals surface area contributed by atoms with Gasteiger partial charge in [0.25, 0.3) is 5.91 Å². The fourth-order valence-electron chi connectivity index (χ4n) is 2.33. The number of ether oxygens (including phenoxy) is 1. The smallest absolute Gasteiger partial charge is 0.255 e. The van der Waals surface area contributed by atoms with E-state index in [2.05, 4.69) is 15.5 Å². The minimum absolute atomic E-state index is 0.0868. The van der Waals surface area contributed by atoms with Crippen molar-refractivity contribution in [3.05, 3.63) is 36.0 Å². The number of hydrogen-bond donors (Lipinski definition) is 3. The Labute approximate surface area is 135 Å². The highest BCUT2D eigenvalue weighted by Crippen LogP contribution is 2.24. The van der Waals surface area contributed by atoms with E-state index in [1.807, 2.05) is 38.1 Å². The van der Waals surface area contributed by atoms with Crippen LogP contribution in [0.3, 0.4) is 0 Å². The number of hydrogen-bond acceptors (Lipinski definition) is 4. The third-order valence-electron chi connectivity index (χ3n) is 4.11. The molecule has 3 N–H and O–H groups in total. The van der Waals surface area contributed by atoms with E-state index in [-0.39, 0.29) is 24.5 Å². The van der Waals surface area contributed by atoms with Crippen LogP contribution in [0, 0.1) is 5.92 Å². The van der Waals surface area contributed by atoms with E-state index in [9.17, 15) is 9.90 Å². The van der Waals surface area contributed by atoms with Crippen molar-refractivity contribution in [3.8, 4) is 17.0 Å². The van der Waals surface area contributed by atoms with Crippen molar-refractivity contribution in [3.63, 3.8) is 0 Å². The number of aliphatic hydroxyl groups is 1. The summed E-state index contributed by atoms with van der Waals surface area (Å²) in [5.74, 6) is 0.695. The van der Waals surface area contributed by atoms with Gasteiger partial charge >= 0.3 is 0 Å². The SMILES string of the molecule is CC[C@H](C)[C@@H](CO)NC(=O)c1cn[nH]c1-c1ccc(OC)cc1. The molecule has 0 aliphatic rings. The zero-order chi connectivity index (χ0) is 16.8. The molecule has 0 saturated carbocycles. The third kappa shape index (κ3) is 3.90. The number of methoxy groups -OCH3 is 1. The molecule has 0 bridgehead atoms. The lowest BCUT2D eigenvalue weighted by molar-refractivity contribution is 0.0892. The van der Waals surface area contributed by atoms with Gasteiger partial charge in [-0.25, -0.2) is 0 Å². The van der Waals surface area contributed by atoms with Crippen LogP contribution in [0.4, 0.5) is 0 Å². The maximum Gasteiger partial charge on any atom is 0.255 e. The average molecular weight is 317 g/mol. The summed E-state index contributed by atoms with van der Waals surface area (Å²) in [5.41, 5.74) is 1.94. The first kappa shape index (κ1) is 17.0. The van der Waals surface area contributed by atoms with Crippen LogP contribution in [0.25, 0.3) is 11.3 Å². The van der Waals surface area contributed by atoms with E-state index in [0.29, 0.717) is 11.3 Å². The fraction of sp³-hybridized carbons (Fsp3) is 0.412. The lowest BCUT2D eigenvalue weighted by atomic mass is 9.99. The molecule has 0 fully saturated rings. The van der Waals surface area contributed by atoms with Gasteiger partial charge in [-0.1, -0.05) is 20.3 Å². The monoisotopic (exact) mass is 317 g/mol. The molecule has 0 aliphatic carbocycles. The average Bonchev–Trinajstić information content (AvgIpc) is 3.08. The number of aromatic amines is 1. The van der Waals surface area contributed by atoms with Crippen molar-refractivity contribution in [1.82, 2.24) is 15.5 Å². The Morgan fingerprint density at radius 3 is 2.65 bits per heavy atom. The van der Waals surface area contributed by atoms with Crippen LogP contribution in [0.5, 0.6) is 5.75 Å². The van der Waals surface area contributed by atoms with Crippen LogP contribution in [0.1, 0.15) is 30.6 Å². The van der Waals surface area contributed by atoms with Crippen LogP contribution < -0.4 is 10.1 Å². The highest BCUT2D eigenvalue weighted by molar-refractivity contribution is 5.99. The Kier molecular flexibility index (Phi) is 5.76. The van der Waals surface area contributed by atoms with E-state index in [0.717, 1.165) is 17.7 Å². The molecule has 0 saturated heterocycles. The highest BCUT2D eigenvalue weighted by Gasteiger charge is 2.21. The van der Waals surface area contributed by atoms with E-state index in [4.69, 9.17) is 4.74 Å². The minimum atomic E-state index is -0.272. The van der Waals surface area contributed by atoms with Crippen molar-refractivity contribution in [2.24, 2.45) is 5.92 Å². The third-order valence-corrected chi connectivity index (χ3v) is 4.11. The molecule has 2 aromatic rings. The van der Waals surface area contributed by atoms with Gasteiger partial charge in [-0.3, -0.25) is 9.89 Å². The summed E-state index contributed by atoms with van der Waals surface area (Å²) in [6.45, 7) is 3.94. The van der Waals surface area contributed by atoms with Gasteiger partial charge in [0.05, 0.1) is 37.2 Å². The van der Waals surface area contributed by atoms with Gasteiger partial charge in [0, 0.05) is 5.56 Å². The van der Waals surface area contributed by atoms with E-state index < -0.39 is 0 Å². The van der Waals surface area contributed by atoms with E-state index in [1.54, 1.807) is 7.11 Å². The zero-order valence-corrected chi connectivity index (χ0v) is 13.7. The van der Waals surface area contributed by atoms with Crippen LogP contribution in [-0.2, 0) is 0 Å². The molecule has 0 unspecified atom stereocenters. The first-order chi connectivity index (χ1) is 11.1. The number of carbonyl (C=O) groups is 1. The second-order valence-electron chi connectivity index (χ2n) is 5.54. The molecule has 6 heteroatoms. The number of nitrogens with one attached hydrogen (secondary N) is 2. The largest absolute Gasteiger partial charge is 0.497 e. The maximum absolute atomic E-state index is 12.5. The van der Waals surface area contributed by atoms with Gasteiger partial charge in [-0.15, -0.1) is 0 Å². The van der Waals surface area contributed by atoms with Gasteiger partial charge in [0.2, 0.25) is 0 Å². The molecular formula is C17H23N3O3. The first-order valence-electron chi connectivity index (χ1n) is 7.70. The van der Waals surface area contributed by atoms with Crippen molar-refractivity contribution < 1.29 is 14.6 Å². The predicted octanol–water partition coefficient (Wildman–Crippen LogP) is 2.22. The summed E-state index contributed by atoms with van der Waals surface area (Å²) < 4.78 is 5.14. The summed E-state index contributed by atoms with van der Waals surface area (Å²) in [6, 6.07) is 7.11. The molecule has 2 atom stereocenters. The Morgan fingerprint density at radius 1 is 1.39 bits per heavy atom. The molecule has 1 aromatic heterocycles.